The van der Waals surface area contributed by atoms with Gasteiger partial charge in [-0.05, 0) is 132 Å². The average molecular weight is 1290 g/mol. The predicted molar refractivity (Wildman–Crippen MR) is 304 cm³/mol. The van der Waals surface area contributed by atoms with Crippen molar-refractivity contribution in [3.05, 3.63) is 11.6 Å². The molecule has 90 heavy (non-hydrogen) atoms. The summed E-state index contributed by atoms with van der Waals surface area (Å²) in [6.45, 7) is 14.8. The summed E-state index contributed by atoms with van der Waals surface area (Å²) in [6, 6.07) is 0. The molecule has 0 amide bonds. The molecule has 0 aromatic heterocycles. The summed E-state index contributed by atoms with van der Waals surface area (Å²) in [5.41, 5.74) is -6.72. The van der Waals surface area contributed by atoms with Gasteiger partial charge in [0.1, 0.15) is 55.4 Å². The van der Waals surface area contributed by atoms with Crippen molar-refractivity contribution in [2.45, 2.75) is 269 Å². The summed E-state index contributed by atoms with van der Waals surface area (Å²) in [5, 5.41) is 103. The van der Waals surface area contributed by atoms with E-state index in [9.17, 15) is 65.1 Å². The summed E-state index contributed by atoms with van der Waals surface area (Å²) in [5.74, 6) is -5.42. The van der Waals surface area contributed by atoms with Gasteiger partial charge < -0.3 is 108 Å². The van der Waals surface area contributed by atoms with Crippen LogP contribution in [0.4, 0.5) is 0 Å². The molecule has 0 spiro atoms. The molecule has 0 aromatic rings. The van der Waals surface area contributed by atoms with Crippen molar-refractivity contribution in [2.24, 2.45) is 50.2 Å². The lowest BCUT2D eigenvalue weighted by Crippen LogP contribution is -2.70. The number of aliphatic carboxylic acids is 1. The van der Waals surface area contributed by atoms with Crippen LogP contribution in [-0.4, -0.2) is 231 Å². The summed E-state index contributed by atoms with van der Waals surface area (Å²) in [4.78, 5) is 67.6. The molecule has 27 heteroatoms. The van der Waals surface area contributed by atoms with Crippen molar-refractivity contribution in [3.63, 3.8) is 0 Å². The maximum absolute atomic E-state index is 16.0. The molecule has 0 aromatic carbocycles. The molecule has 5 unspecified atom stereocenters. The zero-order valence-corrected chi connectivity index (χ0v) is 53.2. The number of aliphatic hydroxyl groups excluding tert-OH is 7. The van der Waals surface area contributed by atoms with Gasteiger partial charge in [-0.15, -0.1) is 0 Å². The molecule has 510 valence electrons. The number of aliphatic hydroxyl groups is 8. The molecular weight excluding hydrogens is 1190 g/mol. The van der Waals surface area contributed by atoms with Gasteiger partial charge in [0.05, 0.1) is 49.0 Å². The van der Waals surface area contributed by atoms with E-state index in [0.29, 0.717) is 58.0 Å². The lowest BCUT2D eigenvalue weighted by Gasteiger charge is -2.71. The van der Waals surface area contributed by atoms with Gasteiger partial charge >= 0.3 is 29.8 Å². The number of allylic oxidation sites excluding steroid dienone is 1. The van der Waals surface area contributed by atoms with Crippen LogP contribution in [0.2, 0.25) is 0 Å². The molecule has 0 radical (unpaired) electrons. The minimum Gasteiger partial charge on any atom is -0.481 e. The maximum Gasteiger partial charge on any atom is 0.315 e. The highest BCUT2D eigenvalue weighted by atomic mass is 16.8. The van der Waals surface area contributed by atoms with Crippen LogP contribution in [0.1, 0.15) is 146 Å². The van der Waals surface area contributed by atoms with Crippen molar-refractivity contribution in [3.8, 4) is 0 Å². The Bertz CT molecular complexity index is 2670. The zero-order chi connectivity index (χ0) is 65.6. The van der Waals surface area contributed by atoms with Gasteiger partial charge in [-0.3, -0.25) is 24.0 Å². The number of fused-ring (bicyclic) bond motifs is 7. The largest absolute Gasteiger partial charge is 0.481 e. The van der Waals surface area contributed by atoms with Crippen LogP contribution in [0.15, 0.2) is 11.6 Å². The second kappa shape index (κ2) is 25.9. The molecule has 5 saturated heterocycles. The first-order valence-corrected chi connectivity index (χ1v) is 32.0. The Morgan fingerprint density at radius 3 is 1.94 bits per heavy atom. The highest BCUT2D eigenvalue weighted by Gasteiger charge is 2.74. The summed E-state index contributed by atoms with van der Waals surface area (Å²) < 4.78 is 78.7. The van der Waals surface area contributed by atoms with E-state index in [-0.39, 0.29) is 30.8 Å². The second-order valence-electron chi connectivity index (χ2n) is 29.0. The molecule has 5 heterocycles. The van der Waals surface area contributed by atoms with Gasteiger partial charge in [0.15, 0.2) is 49.1 Å². The van der Waals surface area contributed by atoms with Gasteiger partial charge in [0.25, 0.3) is 0 Å². The maximum atomic E-state index is 16.0. The minimum atomic E-state index is -2.21. The highest BCUT2D eigenvalue weighted by molar-refractivity contribution is 5.79. The Labute approximate surface area is 523 Å². The molecule has 28 atom stereocenters. The fraction of sp³-hybridized carbons (Fsp3) is 0.889. The Morgan fingerprint density at radius 1 is 0.633 bits per heavy atom. The summed E-state index contributed by atoms with van der Waals surface area (Å²) in [6.07, 6.45) is -21.6. The monoisotopic (exact) mass is 1280 g/mol. The number of rotatable bonds is 16. The quantitative estimate of drug-likeness (QED) is 0.0458. The van der Waals surface area contributed by atoms with Crippen molar-refractivity contribution in [2.75, 3.05) is 33.0 Å². The van der Waals surface area contributed by atoms with E-state index in [0.717, 1.165) is 39.2 Å². The molecule has 4 saturated carbocycles. The van der Waals surface area contributed by atoms with Crippen molar-refractivity contribution >= 4 is 29.8 Å². The average Bonchev–Trinajstić information content (AvgIpc) is 0.738. The van der Waals surface area contributed by atoms with Crippen LogP contribution in [0.5, 0.6) is 0 Å². The minimum absolute atomic E-state index is 0.221. The third kappa shape index (κ3) is 12.1. The van der Waals surface area contributed by atoms with Crippen molar-refractivity contribution in [1.82, 2.24) is 0 Å². The topological polar surface area (TPSA) is 387 Å². The molecule has 10 rings (SSSR count). The first-order valence-electron chi connectivity index (χ1n) is 32.0. The fourth-order valence-corrected chi connectivity index (χ4v) is 18.1. The standard InChI is InChI=1S/C63H96O27/c1-29-44(87-51-42(71)41(70)37(69)25-79-51)46(88-54-49(73)63(77,28-81-54)27-80-31(3)65)43(72)52(82-29)89-48-47(85-33(5)67)45(84-32(4)66)30(2)83-53(48)90-56(76)61-19-18-57(6,7)23-35(61)34-14-15-38-58(8)24-36(68)50(86-40-13-11-12-22-78-40)60(10,55(74)75)39(58)16-17-59(38,9)62(34,26-64)21-20-61/h14,29-30,35-54,64,68-73,77H,11-13,15-28H2,1-10H3,(H,74,75)/t29-,30+,35?,36-,37+,38?,39?,40?,41-,42+,43+,44-,45-,46-,47-,48+,49-,50-,51-,52-,53?,54-,58+,59+,60-,61-,62-,63+/m0/s1. The smallest absolute Gasteiger partial charge is 0.315 e. The van der Waals surface area contributed by atoms with Crippen LogP contribution < -0.4 is 0 Å². The molecule has 5 aliphatic heterocycles. The third-order valence-corrected chi connectivity index (χ3v) is 22.9. The summed E-state index contributed by atoms with van der Waals surface area (Å²) >= 11 is 0. The van der Waals surface area contributed by atoms with Gasteiger partial charge in [-0.2, -0.15) is 0 Å². The van der Waals surface area contributed by atoms with Gasteiger partial charge in [-0.1, -0.05) is 39.3 Å². The number of carbonyl (C=O) groups excluding carboxylic acids is 4. The van der Waals surface area contributed by atoms with Crippen LogP contribution >= 0.6 is 0 Å². The summed E-state index contributed by atoms with van der Waals surface area (Å²) in [7, 11) is 0. The van der Waals surface area contributed by atoms with E-state index >= 15 is 4.79 Å². The Balaban J connectivity index is 0.975. The van der Waals surface area contributed by atoms with Crippen LogP contribution in [0.25, 0.3) is 0 Å². The van der Waals surface area contributed by atoms with Gasteiger partial charge in [0.2, 0.25) is 6.29 Å². The van der Waals surface area contributed by atoms with Crippen LogP contribution in [0.3, 0.4) is 0 Å². The first kappa shape index (κ1) is 69.2. The number of hydrogen-bond donors (Lipinski definition) is 9. The number of esters is 4. The van der Waals surface area contributed by atoms with Crippen molar-refractivity contribution in [1.29, 1.82) is 0 Å². The number of carbonyl (C=O) groups is 5. The lowest BCUT2D eigenvalue weighted by molar-refractivity contribution is -0.384. The molecule has 9 fully saturated rings. The number of carboxylic acids is 1. The number of hydrogen-bond acceptors (Lipinski definition) is 26. The zero-order valence-electron chi connectivity index (χ0n) is 53.2. The molecule has 5 aliphatic carbocycles. The van der Waals surface area contributed by atoms with Gasteiger partial charge in [0, 0.05) is 32.8 Å². The van der Waals surface area contributed by atoms with Crippen LogP contribution in [0, 0.1) is 50.2 Å². The molecule has 0 bridgehead atoms. The first-order chi connectivity index (χ1) is 42.2. The predicted octanol–water partition coefficient (Wildman–Crippen LogP) is 1.57. The normalized spacial score (nSPS) is 49.1. The molecule has 10 aliphatic rings. The lowest BCUT2D eigenvalue weighted by atomic mass is 9.33. The highest BCUT2D eigenvalue weighted by Crippen LogP contribution is 2.76. The molecular formula is C63H96O27. The van der Waals surface area contributed by atoms with Gasteiger partial charge in [-0.25, -0.2) is 0 Å². The SMILES string of the molecule is CC(=O)OC[C@@]1(O)CO[C@@H](O[C@H]2[C@@H](O)[C@H](O[C@H]3C(OC(=O)[C@]45CCC(C)(C)CC4C4=CCC6[C@@]7(C)C[C@H](O)[C@H](OC8CCCCO8)[C@@](C)(C(=O)O)C7CC[C@@]6(C)[C@]4(CO)CC5)O[C@H](C)[C@H](OC(C)=O)[C@@H]3OC(C)=O)O[C@@H](C)[C@@H]2O[C@@H]2OC[C@@H](O)[C@H](O)[C@H]2O)[C@@H]1O. The van der Waals surface area contributed by atoms with E-state index in [2.05, 4.69) is 33.8 Å². The van der Waals surface area contributed by atoms with E-state index in [1.807, 2.05) is 0 Å². The number of carboxylic acid groups (broad SMARTS) is 1. The van der Waals surface area contributed by atoms with E-state index in [4.69, 9.17) is 61.6 Å². The van der Waals surface area contributed by atoms with E-state index in [1.165, 1.54) is 13.8 Å². The van der Waals surface area contributed by atoms with Crippen molar-refractivity contribution < 1.29 is 132 Å². The second-order valence-corrected chi connectivity index (χ2v) is 29.0. The van der Waals surface area contributed by atoms with E-state index < -0.39 is 211 Å². The molecule has 9 N–H and O–H groups in total. The Morgan fingerprint density at radius 2 is 1.29 bits per heavy atom. The molecule has 27 nitrogen and oxygen atoms in total. The Hall–Kier alpha value is -3.59. The fourth-order valence-electron chi connectivity index (χ4n) is 18.1. The number of ether oxygens (including phenoxy) is 13. The Kier molecular flexibility index (Phi) is 19.9. The van der Waals surface area contributed by atoms with Crippen LogP contribution in [-0.2, 0) is 85.6 Å². The third-order valence-electron chi connectivity index (χ3n) is 22.9. The van der Waals surface area contributed by atoms with E-state index in [1.54, 1.807) is 6.92 Å².